The largest absolute Gasteiger partial charge is 0.369 e. The zero-order valence-electron chi connectivity index (χ0n) is 14.7. The molecule has 2 N–H and O–H groups in total. The SMILES string of the molecule is COC(C)(C)C(=O)Nc1ccc(NC(=O)CN2CCCCC2)cc1. The summed E-state index contributed by atoms with van der Waals surface area (Å²) >= 11 is 0. The molecule has 0 unspecified atom stereocenters. The summed E-state index contributed by atoms with van der Waals surface area (Å²) < 4.78 is 5.15. The molecular formula is C18H27N3O3. The van der Waals surface area contributed by atoms with Crippen LogP contribution in [-0.2, 0) is 14.3 Å². The van der Waals surface area contributed by atoms with Gasteiger partial charge in [-0.2, -0.15) is 0 Å². The summed E-state index contributed by atoms with van der Waals surface area (Å²) in [6.45, 7) is 5.83. The van der Waals surface area contributed by atoms with Crippen LogP contribution in [0.25, 0.3) is 0 Å². The molecule has 1 aromatic carbocycles. The van der Waals surface area contributed by atoms with Crippen molar-refractivity contribution in [2.45, 2.75) is 38.7 Å². The van der Waals surface area contributed by atoms with E-state index in [2.05, 4.69) is 15.5 Å². The lowest BCUT2D eigenvalue weighted by Crippen LogP contribution is -2.38. The third-order valence-corrected chi connectivity index (χ3v) is 4.30. The number of likely N-dealkylation sites (tertiary alicyclic amines) is 1. The van der Waals surface area contributed by atoms with Crippen LogP contribution in [0.1, 0.15) is 33.1 Å². The molecule has 6 nitrogen and oxygen atoms in total. The number of anilines is 2. The fraction of sp³-hybridized carbons (Fsp3) is 0.556. The number of amides is 2. The summed E-state index contributed by atoms with van der Waals surface area (Å²) in [6.07, 6.45) is 3.59. The number of carbonyl (C=O) groups is 2. The van der Waals surface area contributed by atoms with Crippen LogP contribution in [0.4, 0.5) is 11.4 Å². The van der Waals surface area contributed by atoms with E-state index >= 15 is 0 Å². The Bertz CT molecular complexity index is 563. The molecule has 6 heteroatoms. The van der Waals surface area contributed by atoms with Crippen molar-refractivity contribution >= 4 is 23.2 Å². The van der Waals surface area contributed by atoms with Gasteiger partial charge in [0.15, 0.2) is 0 Å². The van der Waals surface area contributed by atoms with E-state index in [4.69, 9.17) is 4.74 Å². The van der Waals surface area contributed by atoms with Crippen molar-refractivity contribution in [3.8, 4) is 0 Å². The molecule has 0 saturated carbocycles. The summed E-state index contributed by atoms with van der Waals surface area (Å²) in [7, 11) is 1.50. The summed E-state index contributed by atoms with van der Waals surface area (Å²) in [4.78, 5) is 26.3. The third kappa shape index (κ3) is 5.32. The van der Waals surface area contributed by atoms with Crippen LogP contribution >= 0.6 is 0 Å². The van der Waals surface area contributed by atoms with Crippen molar-refractivity contribution in [3.05, 3.63) is 24.3 Å². The molecule has 132 valence electrons. The molecule has 0 aliphatic carbocycles. The number of hydrogen-bond donors (Lipinski definition) is 2. The molecule has 0 atom stereocenters. The number of piperidine rings is 1. The maximum absolute atomic E-state index is 12.1. The Balaban J connectivity index is 1.85. The summed E-state index contributed by atoms with van der Waals surface area (Å²) in [6, 6.07) is 7.09. The smallest absolute Gasteiger partial charge is 0.256 e. The molecule has 1 aromatic rings. The van der Waals surface area contributed by atoms with Crippen LogP contribution in [0.3, 0.4) is 0 Å². The van der Waals surface area contributed by atoms with Gasteiger partial charge in [-0.1, -0.05) is 6.42 Å². The highest BCUT2D eigenvalue weighted by Gasteiger charge is 2.26. The molecule has 1 aliphatic heterocycles. The van der Waals surface area contributed by atoms with Gasteiger partial charge in [-0.05, 0) is 64.0 Å². The second kappa shape index (κ2) is 8.26. The van der Waals surface area contributed by atoms with Crippen LogP contribution in [0.2, 0.25) is 0 Å². The zero-order valence-corrected chi connectivity index (χ0v) is 14.7. The van der Waals surface area contributed by atoms with E-state index in [1.54, 1.807) is 38.1 Å². The topological polar surface area (TPSA) is 70.7 Å². The average Bonchev–Trinajstić information content (AvgIpc) is 2.57. The minimum absolute atomic E-state index is 0.00537. The molecule has 1 saturated heterocycles. The van der Waals surface area contributed by atoms with E-state index < -0.39 is 5.60 Å². The molecule has 0 aromatic heterocycles. The van der Waals surface area contributed by atoms with Gasteiger partial charge in [-0.15, -0.1) is 0 Å². The van der Waals surface area contributed by atoms with Crippen molar-refractivity contribution < 1.29 is 14.3 Å². The van der Waals surface area contributed by atoms with Gasteiger partial charge in [-0.3, -0.25) is 14.5 Å². The van der Waals surface area contributed by atoms with Crippen molar-refractivity contribution in [3.63, 3.8) is 0 Å². The van der Waals surface area contributed by atoms with E-state index in [-0.39, 0.29) is 11.8 Å². The number of benzene rings is 1. The first-order valence-electron chi connectivity index (χ1n) is 8.39. The van der Waals surface area contributed by atoms with E-state index in [9.17, 15) is 9.59 Å². The number of nitrogens with zero attached hydrogens (tertiary/aromatic N) is 1. The van der Waals surface area contributed by atoms with Crippen molar-refractivity contribution in [2.75, 3.05) is 37.4 Å². The second-order valence-corrected chi connectivity index (χ2v) is 6.63. The van der Waals surface area contributed by atoms with Gasteiger partial charge in [0.1, 0.15) is 5.60 Å². The Morgan fingerprint density at radius 3 is 2.12 bits per heavy atom. The molecule has 0 spiro atoms. The Hall–Kier alpha value is -1.92. The lowest BCUT2D eigenvalue weighted by molar-refractivity contribution is -0.133. The van der Waals surface area contributed by atoms with Gasteiger partial charge in [0.05, 0.1) is 6.54 Å². The highest BCUT2D eigenvalue weighted by atomic mass is 16.5. The molecule has 24 heavy (non-hydrogen) atoms. The Morgan fingerprint density at radius 1 is 1.04 bits per heavy atom. The third-order valence-electron chi connectivity index (χ3n) is 4.30. The van der Waals surface area contributed by atoms with E-state index in [0.717, 1.165) is 18.8 Å². The summed E-state index contributed by atoms with van der Waals surface area (Å²) in [5.41, 5.74) is 0.501. The standard InChI is InChI=1S/C18H27N3O3/c1-18(2,24-3)17(23)20-15-9-7-14(8-10-15)19-16(22)13-21-11-5-4-6-12-21/h7-10H,4-6,11-13H2,1-3H3,(H,19,22)(H,20,23). The zero-order chi connectivity index (χ0) is 17.6. The van der Waals surface area contributed by atoms with Gasteiger partial charge in [0.25, 0.3) is 5.91 Å². The number of nitrogens with one attached hydrogen (secondary N) is 2. The normalized spacial score (nSPS) is 15.8. The van der Waals surface area contributed by atoms with Crippen LogP contribution in [0, 0.1) is 0 Å². The number of rotatable bonds is 6. The van der Waals surface area contributed by atoms with Gasteiger partial charge < -0.3 is 15.4 Å². The highest BCUT2D eigenvalue weighted by molar-refractivity contribution is 5.97. The monoisotopic (exact) mass is 333 g/mol. The van der Waals surface area contributed by atoms with Gasteiger partial charge >= 0.3 is 0 Å². The predicted octanol–water partition coefficient (Wildman–Crippen LogP) is 2.47. The lowest BCUT2D eigenvalue weighted by atomic mass is 10.1. The van der Waals surface area contributed by atoms with Crippen molar-refractivity contribution in [1.82, 2.24) is 4.90 Å². The van der Waals surface area contributed by atoms with Crippen LogP contribution < -0.4 is 10.6 Å². The Labute approximate surface area is 143 Å². The molecule has 2 rings (SSSR count). The Morgan fingerprint density at radius 2 is 1.58 bits per heavy atom. The van der Waals surface area contributed by atoms with Gasteiger partial charge in [0, 0.05) is 18.5 Å². The first-order chi connectivity index (χ1) is 11.4. The Kier molecular flexibility index (Phi) is 6.34. The lowest BCUT2D eigenvalue weighted by Gasteiger charge is -2.25. The fourth-order valence-electron chi connectivity index (χ4n) is 2.53. The molecule has 1 heterocycles. The second-order valence-electron chi connectivity index (χ2n) is 6.63. The first-order valence-corrected chi connectivity index (χ1v) is 8.39. The van der Waals surface area contributed by atoms with Gasteiger partial charge in [-0.25, -0.2) is 0 Å². The van der Waals surface area contributed by atoms with Crippen molar-refractivity contribution in [1.29, 1.82) is 0 Å². The number of carbonyl (C=O) groups excluding carboxylic acids is 2. The van der Waals surface area contributed by atoms with Crippen LogP contribution in [-0.4, -0.2) is 49.1 Å². The maximum Gasteiger partial charge on any atom is 0.256 e. The molecule has 1 fully saturated rings. The van der Waals surface area contributed by atoms with Crippen molar-refractivity contribution in [2.24, 2.45) is 0 Å². The number of ether oxygens (including phenoxy) is 1. The molecule has 2 amide bonds. The van der Waals surface area contributed by atoms with E-state index in [1.807, 2.05) is 0 Å². The summed E-state index contributed by atoms with van der Waals surface area (Å²) in [5, 5.41) is 5.69. The van der Waals surface area contributed by atoms with E-state index in [1.165, 1.54) is 26.4 Å². The van der Waals surface area contributed by atoms with Crippen LogP contribution in [0.15, 0.2) is 24.3 Å². The fourth-order valence-corrected chi connectivity index (χ4v) is 2.53. The van der Waals surface area contributed by atoms with E-state index in [0.29, 0.717) is 12.2 Å². The summed E-state index contributed by atoms with van der Waals surface area (Å²) in [5.74, 6) is -0.221. The predicted molar refractivity (Wildman–Crippen MR) is 95.1 cm³/mol. The minimum atomic E-state index is -0.888. The molecule has 0 bridgehead atoms. The first kappa shape index (κ1) is 18.4. The number of hydrogen-bond acceptors (Lipinski definition) is 4. The maximum atomic E-state index is 12.1. The highest BCUT2D eigenvalue weighted by Crippen LogP contribution is 2.17. The molecule has 1 aliphatic rings. The molecule has 0 radical (unpaired) electrons. The van der Waals surface area contributed by atoms with Crippen LogP contribution in [0.5, 0.6) is 0 Å². The number of methoxy groups -OCH3 is 1. The quantitative estimate of drug-likeness (QED) is 0.839. The average molecular weight is 333 g/mol. The van der Waals surface area contributed by atoms with Gasteiger partial charge in [0.2, 0.25) is 5.91 Å². The minimum Gasteiger partial charge on any atom is -0.369 e. The molecular weight excluding hydrogens is 306 g/mol.